The summed E-state index contributed by atoms with van der Waals surface area (Å²) in [5.41, 5.74) is 2.98. The topological polar surface area (TPSA) is 59.3 Å². The number of pyridine rings is 1. The van der Waals surface area contributed by atoms with Gasteiger partial charge in [-0.1, -0.05) is 50.3 Å². The van der Waals surface area contributed by atoms with E-state index in [4.69, 9.17) is 5.11 Å². The van der Waals surface area contributed by atoms with Crippen molar-refractivity contribution in [2.24, 2.45) is 0 Å². The van der Waals surface area contributed by atoms with Crippen LogP contribution in [0.1, 0.15) is 42.9 Å². The fourth-order valence-corrected chi connectivity index (χ4v) is 2.21. The summed E-state index contributed by atoms with van der Waals surface area (Å²) in [5.74, 6) is -0.405. The molecule has 0 saturated carbocycles. The number of carboxylic acid groups (broad SMARTS) is 1. The molecule has 1 aromatic carbocycles. The molecule has 1 N–H and O–H groups in total. The molecule has 0 spiro atoms. The summed E-state index contributed by atoms with van der Waals surface area (Å²) in [5, 5.41) is 8.66. The summed E-state index contributed by atoms with van der Waals surface area (Å²) in [6.45, 7) is 4.50. The number of hydrogen-bond donors (Lipinski definition) is 1. The molecule has 2 rings (SSSR count). The van der Waals surface area contributed by atoms with Crippen molar-refractivity contribution in [1.82, 2.24) is 4.57 Å². The van der Waals surface area contributed by atoms with Gasteiger partial charge in [0.05, 0.1) is 6.42 Å². The zero-order valence-corrected chi connectivity index (χ0v) is 13.4. The molecular weight excluding hydrogens is 290 g/mol. The van der Waals surface area contributed by atoms with Gasteiger partial charge in [0.2, 0.25) is 0 Å². The Morgan fingerprint density at radius 1 is 1.13 bits per heavy atom. The lowest BCUT2D eigenvalue weighted by molar-refractivity contribution is -0.137. The van der Waals surface area contributed by atoms with E-state index in [1.165, 1.54) is 16.2 Å². The highest BCUT2D eigenvalue weighted by Crippen LogP contribution is 2.16. The van der Waals surface area contributed by atoms with E-state index in [2.05, 4.69) is 38.1 Å². The standard InChI is InChI=1S/C19H21NO3/c1-14(2)17-7-5-15(6-8-17)3-4-16-9-11-20(18(21)13-16)12-10-19(22)23/h3-9,11,13-14H,10,12H2,1-2H3,(H,22,23)/b4-3+. The van der Waals surface area contributed by atoms with Crippen LogP contribution in [0.5, 0.6) is 0 Å². The highest BCUT2D eigenvalue weighted by molar-refractivity contribution is 5.69. The van der Waals surface area contributed by atoms with Crippen LogP contribution >= 0.6 is 0 Å². The molecule has 4 heteroatoms. The van der Waals surface area contributed by atoms with Gasteiger partial charge in [0.15, 0.2) is 0 Å². The maximum atomic E-state index is 11.9. The molecule has 0 atom stereocenters. The first kappa shape index (κ1) is 16.7. The Bertz CT molecular complexity index is 755. The second kappa shape index (κ2) is 7.58. The van der Waals surface area contributed by atoms with Crippen LogP contribution in [0.4, 0.5) is 0 Å². The maximum absolute atomic E-state index is 11.9. The van der Waals surface area contributed by atoms with Crippen LogP contribution in [0.2, 0.25) is 0 Å². The Morgan fingerprint density at radius 3 is 2.35 bits per heavy atom. The van der Waals surface area contributed by atoms with Crippen molar-refractivity contribution in [3.8, 4) is 0 Å². The number of carboxylic acids is 1. The molecule has 0 aliphatic heterocycles. The zero-order chi connectivity index (χ0) is 16.8. The lowest BCUT2D eigenvalue weighted by atomic mass is 10.0. The zero-order valence-electron chi connectivity index (χ0n) is 13.4. The quantitative estimate of drug-likeness (QED) is 0.886. The monoisotopic (exact) mass is 311 g/mol. The van der Waals surface area contributed by atoms with Crippen molar-refractivity contribution >= 4 is 18.1 Å². The molecular formula is C19H21NO3. The van der Waals surface area contributed by atoms with Gasteiger partial charge in [-0.2, -0.15) is 0 Å². The van der Waals surface area contributed by atoms with Crippen LogP contribution in [0.3, 0.4) is 0 Å². The van der Waals surface area contributed by atoms with E-state index < -0.39 is 5.97 Å². The second-order valence-electron chi connectivity index (χ2n) is 5.79. The molecule has 2 aromatic rings. The van der Waals surface area contributed by atoms with Crippen molar-refractivity contribution in [2.75, 3.05) is 0 Å². The van der Waals surface area contributed by atoms with Gasteiger partial charge in [0.1, 0.15) is 0 Å². The number of aliphatic carboxylic acids is 1. The van der Waals surface area contributed by atoms with Crippen LogP contribution in [0, 0.1) is 0 Å². The Kier molecular flexibility index (Phi) is 5.52. The van der Waals surface area contributed by atoms with Crippen molar-refractivity contribution in [2.45, 2.75) is 32.7 Å². The number of aryl methyl sites for hydroxylation is 1. The van der Waals surface area contributed by atoms with E-state index in [1.807, 2.05) is 18.2 Å². The molecule has 0 bridgehead atoms. The van der Waals surface area contributed by atoms with Crippen molar-refractivity contribution < 1.29 is 9.90 Å². The SMILES string of the molecule is CC(C)c1ccc(/C=C/c2ccn(CCC(=O)O)c(=O)c2)cc1. The first-order chi connectivity index (χ1) is 11.0. The van der Waals surface area contributed by atoms with Crippen molar-refractivity contribution in [3.05, 3.63) is 69.6 Å². The molecule has 0 saturated heterocycles. The molecule has 23 heavy (non-hydrogen) atoms. The molecule has 0 aliphatic rings. The molecule has 120 valence electrons. The summed E-state index contributed by atoms with van der Waals surface area (Å²) in [4.78, 5) is 22.5. The predicted molar refractivity (Wildman–Crippen MR) is 92.4 cm³/mol. The van der Waals surface area contributed by atoms with Crippen molar-refractivity contribution in [1.29, 1.82) is 0 Å². The van der Waals surface area contributed by atoms with Gasteiger partial charge in [-0.15, -0.1) is 0 Å². The van der Waals surface area contributed by atoms with E-state index in [9.17, 15) is 9.59 Å². The predicted octanol–water partition coefficient (Wildman–Crippen LogP) is 3.62. The molecule has 0 aliphatic carbocycles. The summed E-state index contributed by atoms with van der Waals surface area (Å²) >= 11 is 0. The summed E-state index contributed by atoms with van der Waals surface area (Å²) in [6, 6.07) is 11.6. The van der Waals surface area contributed by atoms with Gasteiger partial charge in [0.25, 0.3) is 5.56 Å². The molecule has 4 nitrogen and oxygen atoms in total. The summed E-state index contributed by atoms with van der Waals surface area (Å²) in [6.07, 6.45) is 5.41. The molecule has 0 radical (unpaired) electrons. The highest BCUT2D eigenvalue weighted by atomic mass is 16.4. The second-order valence-corrected chi connectivity index (χ2v) is 5.79. The molecule has 0 amide bonds. The number of rotatable bonds is 6. The maximum Gasteiger partial charge on any atom is 0.305 e. The summed E-state index contributed by atoms with van der Waals surface area (Å²) in [7, 11) is 0. The fourth-order valence-electron chi connectivity index (χ4n) is 2.21. The van der Waals surface area contributed by atoms with Crippen LogP contribution < -0.4 is 5.56 Å². The van der Waals surface area contributed by atoms with E-state index in [0.717, 1.165) is 11.1 Å². The average molecular weight is 311 g/mol. The number of benzene rings is 1. The van der Waals surface area contributed by atoms with Crippen LogP contribution in [-0.2, 0) is 11.3 Å². The van der Waals surface area contributed by atoms with Gasteiger partial charge in [-0.25, -0.2) is 0 Å². The highest BCUT2D eigenvalue weighted by Gasteiger charge is 2.01. The minimum absolute atomic E-state index is 0.0582. The van der Waals surface area contributed by atoms with Gasteiger partial charge in [-0.05, 0) is 28.7 Å². The lowest BCUT2D eigenvalue weighted by Crippen LogP contribution is -2.20. The minimum atomic E-state index is -0.911. The average Bonchev–Trinajstić information content (AvgIpc) is 2.52. The van der Waals surface area contributed by atoms with Gasteiger partial charge in [0, 0.05) is 18.8 Å². The minimum Gasteiger partial charge on any atom is -0.481 e. The third kappa shape index (κ3) is 4.95. The molecule has 1 heterocycles. The smallest absolute Gasteiger partial charge is 0.305 e. The number of carbonyl (C=O) groups is 1. The van der Waals surface area contributed by atoms with Crippen LogP contribution in [-0.4, -0.2) is 15.6 Å². The summed E-state index contributed by atoms with van der Waals surface area (Å²) < 4.78 is 1.41. The molecule has 0 fully saturated rings. The molecule has 0 unspecified atom stereocenters. The Hall–Kier alpha value is -2.62. The first-order valence-electron chi connectivity index (χ1n) is 7.66. The Labute approximate surface area is 135 Å². The van der Waals surface area contributed by atoms with Gasteiger partial charge in [-0.3, -0.25) is 9.59 Å². The lowest BCUT2D eigenvalue weighted by Gasteiger charge is -2.05. The Morgan fingerprint density at radius 2 is 1.78 bits per heavy atom. The van der Waals surface area contributed by atoms with E-state index in [0.29, 0.717) is 5.92 Å². The first-order valence-corrected chi connectivity index (χ1v) is 7.66. The van der Waals surface area contributed by atoms with Crippen LogP contribution in [0.25, 0.3) is 12.2 Å². The normalized spacial score (nSPS) is 11.3. The number of aromatic nitrogens is 1. The van der Waals surface area contributed by atoms with E-state index in [1.54, 1.807) is 6.20 Å². The third-order valence-electron chi connectivity index (χ3n) is 3.66. The Balaban J connectivity index is 2.09. The van der Waals surface area contributed by atoms with E-state index >= 15 is 0 Å². The number of hydrogen-bond acceptors (Lipinski definition) is 2. The van der Waals surface area contributed by atoms with E-state index in [-0.39, 0.29) is 18.5 Å². The largest absolute Gasteiger partial charge is 0.481 e. The van der Waals surface area contributed by atoms with Gasteiger partial charge < -0.3 is 9.67 Å². The third-order valence-corrected chi connectivity index (χ3v) is 3.66. The molecule has 1 aromatic heterocycles. The fraction of sp³-hybridized carbons (Fsp3) is 0.263. The van der Waals surface area contributed by atoms with Crippen LogP contribution in [0.15, 0.2) is 47.4 Å². The van der Waals surface area contributed by atoms with Crippen molar-refractivity contribution in [3.63, 3.8) is 0 Å². The van der Waals surface area contributed by atoms with Gasteiger partial charge >= 0.3 is 5.97 Å². The number of nitrogens with zero attached hydrogens (tertiary/aromatic N) is 1.